The van der Waals surface area contributed by atoms with Crippen LogP contribution in [0.15, 0.2) is 22.7 Å². The van der Waals surface area contributed by atoms with Crippen LogP contribution >= 0.6 is 46.4 Å². The molecule has 6 heteroatoms. The maximum absolute atomic E-state index is 12.8. The van der Waals surface area contributed by atoms with Crippen LogP contribution in [0.25, 0.3) is 0 Å². The first kappa shape index (κ1) is 12.9. The van der Waals surface area contributed by atoms with E-state index in [0.717, 1.165) is 12.1 Å². The van der Waals surface area contributed by atoms with Gasteiger partial charge in [-0.15, -0.1) is 0 Å². The maximum Gasteiger partial charge on any atom is 0.126 e. The van der Waals surface area contributed by atoms with Crippen molar-refractivity contribution in [2.75, 3.05) is 11.9 Å². The summed E-state index contributed by atoms with van der Waals surface area (Å²) in [6.07, 6.45) is 0. The SMILES string of the molecule is Fc1cc(Cl)c(NC/C(Cl)=C/Cl)c(Cl)c1. The second-order valence-corrected chi connectivity index (χ2v) is 4.17. The molecular weight excluding hydrogens is 283 g/mol. The van der Waals surface area contributed by atoms with Crippen LogP contribution in [0.4, 0.5) is 10.1 Å². The van der Waals surface area contributed by atoms with Crippen molar-refractivity contribution in [2.24, 2.45) is 0 Å². The van der Waals surface area contributed by atoms with Crippen molar-refractivity contribution in [1.82, 2.24) is 0 Å². The fraction of sp³-hybridized carbons (Fsp3) is 0.111. The molecular formula is C9H6Cl4FN. The summed E-state index contributed by atoms with van der Waals surface area (Å²) in [6, 6.07) is 2.32. The zero-order valence-corrected chi connectivity index (χ0v) is 10.4. The number of benzene rings is 1. The first-order valence-electron chi connectivity index (χ1n) is 3.87. The van der Waals surface area contributed by atoms with Gasteiger partial charge in [0.15, 0.2) is 0 Å². The topological polar surface area (TPSA) is 12.0 Å². The normalized spacial score (nSPS) is 11.7. The molecule has 0 saturated heterocycles. The van der Waals surface area contributed by atoms with Gasteiger partial charge >= 0.3 is 0 Å². The number of hydrogen-bond acceptors (Lipinski definition) is 1. The van der Waals surface area contributed by atoms with Crippen molar-refractivity contribution >= 4 is 52.1 Å². The minimum absolute atomic E-state index is 0.194. The number of hydrogen-bond donors (Lipinski definition) is 1. The Morgan fingerprint density at radius 2 is 1.87 bits per heavy atom. The summed E-state index contributed by atoms with van der Waals surface area (Å²) in [5.74, 6) is -0.491. The first-order valence-corrected chi connectivity index (χ1v) is 5.44. The van der Waals surface area contributed by atoms with Crippen LogP contribution in [0.2, 0.25) is 10.0 Å². The summed E-state index contributed by atoms with van der Waals surface area (Å²) in [5.41, 5.74) is 1.65. The Labute approximate surface area is 107 Å². The Balaban J connectivity index is 2.86. The predicted molar refractivity (Wildman–Crippen MR) is 64.7 cm³/mol. The summed E-state index contributed by atoms with van der Waals surface area (Å²) < 4.78 is 12.8. The molecule has 1 aromatic carbocycles. The third-order valence-electron chi connectivity index (χ3n) is 1.56. The third kappa shape index (κ3) is 3.72. The van der Waals surface area contributed by atoms with Gasteiger partial charge < -0.3 is 5.32 Å². The van der Waals surface area contributed by atoms with E-state index in [1.54, 1.807) is 0 Å². The van der Waals surface area contributed by atoms with E-state index in [4.69, 9.17) is 46.4 Å². The fourth-order valence-corrected chi connectivity index (χ4v) is 1.66. The van der Waals surface area contributed by atoms with Crippen molar-refractivity contribution < 1.29 is 4.39 Å². The molecule has 0 aromatic heterocycles. The average Bonchev–Trinajstić information content (AvgIpc) is 2.15. The molecule has 1 rings (SSSR count). The van der Waals surface area contributed by atoms with Crippen molar-refractivity contribution in [3.63, 3.8) is 0 Å². The quantitative estimate of drug-likeness (QED) is 0.837. The minimum Gasteiger partial charge on any atom is -0.378 e. The number of rotatable bonds is 3. The Morgan fingerprint density at radius 3 is 2.33 bits per heavy atom. The molecule has 0 heterocycles. The molecule has 1 aromatic rings. The van der Waals surface area contributed by atoms with Crippen LogP contribution in [0.1, 0.15) is 0 Å². The van der Waals surface area contributed by atoms with Crippen molar-refractivity contribution in [2.45, 2.75) is 0 Å². The van der Waals surface area contributed by atoms with E-state index in [-0.39, 0.29) is 16.6 Å². The van der Waals surface area contributed by atoms with Gasteiger partial charge in [-0.05, 0) is 12.1 Å². The molecule has 0 saturated carbocycles. The lowest BCUT2D eigenvalue weighted by molar-refractivity contribution is 0.628. The fourth-order valence-electron chi connectivity index (χ4n) is 0.922. The monoisotopic (exact) mass is 287 g/mol. The highest BCUT2D eigenvalue weighted by Gasteiger charge is 2.08. The summed E-state index contributed by atoms with van der Waals surface area (Å²) in [4.78, 5) is 0. The summed E-state index contributed by atoms with van der Waals surface area (Å²) in [5, 5.41) is 3.63. The molecule has 0 atom stereocenters. The number of anilines is 1. The average molecular weight is 289 g/mol. The van der Waals surface area contributed by atoms with Crippen LogP contribution in [0.3, 0.4) is 0 Å². The highest BCUT2D eigenvalue weighted by atomic mass is 35.5. The van der Waals surface area contributed by atoms with Gasteiger partial charge in [-0.1, -0.05) is 46.4 Å². The van der Waals surface area contributed by atoms with Crippen molar-refractivity contribution in [1.29, 1.82) is 0 Å². The molecule has 0 aliphatic heterocycles. The van der Waals surface area contributed by atoms with Crippen LogP contribution in [0.5, 0.6) is 0 Å². The first-order chi connectivity index (χ1) is 7.04. The largest absolute Gasteiger partial charge is 0.378 e. The van der Waals surface area contributed by atoms with E-state index >= 15 is 0 Å². The zero-order chi connectivity index (χ0) is 11.4. The molecule has 1 N–H and O–H groups in total. The van der Waals surface area contributed by atoms with Gasteiger partial charge in [0.2, 0.25) is 0 Å². The van der Waals surface area contributed by atoms with Crippen LogP contribution in [0, 0.1) is 5.82 Å². The molecule has 0 unspecified atom stereocenters. The Hall–Kier alpha value is -0.150. The van der Waals surface area contributed by atoms with Gasteiger partial charge in [0.1, 0.15) is 5.82 Å². The van der Waals surface area contributed by atoms with E-state index in [1.165, 1.54) is 5.54 Å². The van der Waals surface area contributed by atoms with Crippen LogP contribution in [-0.2, 0) is 0 Å². The van der Waals surface area contributed by atoms with Gasteiger partial charge in [-0.25, -0.2) is 4.39 Å². The molecule has 0 radical (unpaired) electrons. The molecule has 1 nitrogen and oxygen atoms in total. The summed E-state index contributed by atoms with van der Waals surface area (Å²) in [6.45, 7) is 0.274. The Morgan fingerprint density at radius 1 is 1.33 bits per heavy atom. The molecule has 15 heavy (non-hydrogen) atoms. The van der Waals surface area contributed by atoms with Gasteiger partial charge in [-0.3, -0.25) is 0 Å². The minimum atomic E-state index is -0.491. The second-order valence-electron chi connectivity index (χ2n) is 2.65. The predicted octanol–water partition coefficient (Wildman–Crippen LogP) is 4.86. The van der Waals surface area contributed by atoms with E-state index in [1.807, 2.05) is 0 Å². The summed E-state index contributed by atoms with van der Waals surface area (Å²) in [7, 11) is 0. The van der Waals surface area contributed by atoms with Crippen molar-refractivity contribution in [3.8, 4) is 0 Å². The van der Waals surface area contributed by atoms with E-state index in [0.29, 0.717) is 10.7 Å². The van der Waals surface area contributed by atoms with Gasteiger partial charge in [0.05, 0.1) is 22.3 Å². The molecule has 0 spiro atoms. The van der Waals surface area contributed by atoms with Gasteiger partial charge in [-0.2, -0.15) is 0 Å². The van der Waals surface area contributed by atoms with E-state index in [2.05, 4.69) is 5.32 Å². The molecule has 0 amide bonds. The maximum atomic E-state index is 12.8. The molecule has 0 bridgehead atoms. The van der Waals surface area contributed by atoms with E-state index < -0.39 is 5.82 Å². The Kier molecular flexibility index (Phi) is 5.00. The lowest BCUT2D eigenvalue weighted by Crippen LogP contribution is -2.02. The lowest BCUT2D eigenvalue weighted by Gasteiger charge is -2.09. The zero-order valence-electron chi connectivity index (χ0n) is 7.33. The lowest BCUT2D eigenvalue weighted by atomic mass is 10.3. The molecule has 82 valence electrons. The smallest absolute Gasteiger partial charge is 0.126 e. The second kappa shape index (κ2) is 5.80. The summed E-state index contributed by atoms with van der Waals surface area (Å²) >= 11 is 22.6. The molecule has 0 aliphatic carbocycles. The highest BCUT2D eigenvalue weighted by Crippen LogP contribution is 2.31. The Bertz CT molecular complexity index is 369. The molecule has 0 fully saturated rings. The van der Waals surface area contributed by atoms with Gasteiger partial charge in [0, 0.05) is 10.6 Å². The van der Waals surface area contributed by atoms with Gasteiger partial charge in [0.25, 0.3) is 0 Å². The van der Waals surface area contributed by atoms with Crippen molar-refractivity contribution in [3.05, 3.63) is 38.6 Å². The number of halogens is 5. The molecule has 0 aliphatic rings. The standard InChI is InChI=1S/C9H6Cl4FN/c10-3-5(11)4-15-9-7(12)1-6(14)2-8(9)13/h1-3,15H,4H2/b5-3-. The third-order valence-corrected chi connectivity index (χ3v) is 2.77. The number of nitrogens with one attached hydrogen (secondary N) is 1. The van der Waals surface area contributed by atoms with Crippen LogP contribution in [-0.4, -0.2) is 6.54 Å². The van der Waals surface area contributed by atoms with Crippen LogP contribution < -0.4 is 5.32 Å². The highest BCUT2D eigenvalue weighted by molar-refractivity contribution is 6.39. The van der Waals surface area contributed by atoms with E-state index in [9.17, 15) is 4.39 Å².